The van der Waals surface area contributed by atoms with Crippen LogP contribution in [0.15, 0.2) is 47.4 Å². The zero-order valence-electron chi connectivity index (χ0n) is 15.4. The van der Waals surface area contributed by atoms with Crippen LogP contribution in [0.1, 0.15) is 5.56 Å². The average Bonchev–Trinajstić information content (AvgIpc) is 2.69. The normalized spacial score (nSPS) is 16.3. The molecule has 146 valence electrons. The standard InChI is InChI=1S/C19H23ClN2O4S/c1-25-18-8-7-16(13-19(18)26-2)27(23,24)22-11-9-21(10-12-22)14-15-5-3-4-6-17(15)20/h3-8,13H,9-12,14H2,1-2H3/p+1. The quantitative estimate of drug-likeness (QED) is 0.781. The van der Waals surface area contributed by atoms with E-state index in [2.05, 4.69) is 0 Å². The molecule has 2 aromatic carbocycles. The highest BCUT2D eigenvalue weighted by Crippen LogP contribution is 2.30. The molecule has 1 fully saturated rings. The molecule has 1 aliphatic rings. The molecule has 0 radical (unpaired) electrons. The van der Waals surface area contributed by atoms with Crippen LogP contribution in [0.3, 0.4) is 0 Å². The Morgan fingerprint density at radius 1 is 1.04 bits per heavy atom. The van der Waals surface area contributed by atoms with Gasteiger partial charge in [-0.25, -0.2) is 8.42 Å². The molecule has 0 atom stereocenters. The van der Waals surface area contributed by atoms with Gasteiger partial charge in [-0.3, -0.25) is 0 Å². The smallest absolute Gasteiger partial charge is 0.243 e. The van der Waals surface area contributed by atoms with E-state index in [0.717, 1.165) is 30.2 Å². The maximum Gasteiger partial charge on any atom is 0.243 e. The first kappa shape index (κ1) is 19.9. The summed E-state index contributed by atoms with van der Waals surface area (Å²) in [7, 11) is -0.554. The first-order chi connectivity index (χ1) is 13.0. The topological polar surface area (TPSA) is 60.3 Å². The molecule has 2 aromatic rings. The molecule has 0 aliphatic carbocycles. The van der Waals surface area contributed by atoms with Crippen LogP contribution in [-0.4, -0.2) is 53.1 Å². The summed E-state index contributed by atoms with van der Waals surface area (Å²) in [6, 6.07) is 12.5. The molecule has 0 aromatic heterocycles. The highest BCUT2D eigenvalue weighted by molar-refractivity contribution is 7.89. The van der Waals surface area contributed by atoms with E-state index in [1.54, 1.807) is 12.1 Å². The van der Waals surface area contributed by atoms with Crippen LogP contribution in [0.4, 0.5) is 0 Å². The predicted octanol–water partition coefficient (Wildman–Crippen LogP) is 1.45. The lowest BCUT2D eigenvalue weighted by Crippen LogP contribution is -3.13. The molecule has 0 amide bonds. The summed E-state index contributed by atoms with van der Waals surface area (Å²) in [6.45, 7) is 3.20. The van der Waals surface area contributed by atoms with Gasteiger partial charge in [-0.15, -0.1) is 0 Å². The lowest BCUT2D eigenvalue weighted by atomic mass is 10.2. The van der Waals surface area contributed by atoms with Crippen molar-refractivity contribution in [1.82, 2.24) is 4.31 Å². The fourth-order valence-corrected chi connectivity index (χ4v) is 4.92. The molecular weight excluding hydrogens is 388 g/mol. The molecule has 1 saturated heterocycles. The third-order valence-electron chi connectivity index (χ3n) is 4.82. The lowest BCUT2D eigenvalue weighted by molar-refractivity contribution is -0.917. The highest BCUT2D eigenvalue weighted by atomic mass is 35.5. The first-order valence-corrected chi connectivity index (χ1v) is 10.6. The van der Waals surface area contributed by atoms with E-state index in [1.807, 2.05) is 24.3 Å². The van der Waals surface area contributed by atoms with Gasteiger partial charge < -0.3 is 14.4 Å². The molecule has 1 heterocycles. The zero-order valence-corrected chi connectivity index (χ0v) is 17.0. The van der Waals surface area contributed by atoms with Gasteiger partial charge in [-0.1, -0.05) is 29.8 Å². The van der Waals surface area contributed by atoms with E-state index in [4.69, 9.17) is 21.1 Å². The minimum absolute atomic E-state index is 0.217. The lowest BCUT2D eigenvalue weighted by Gasteiger charge is -2.31. The molecule has 3 rings (SSSR count). The summed E-state index contributed by atoms with van der Waals surface area (Å²) >= 11 is 6.24. The monoisotopic (exact) mass is 411 g/mol. The number of nitrogens with zero attached hydrogens (tertiary/aromatic N) is 1. The molecule has 0 bridgehead atoms. The van der Waals surface area contributed by atoms with Crippen molar-refractivity contribution in [3.05, 3.63) is 53.1 Å². The van der Waals surface area contributed by atoms with Crippen LogP contribution in [0, 0.1) is 0 Å². The Hall–Kier alpha value is -1.80. The number of sulfonamides is 1. The van der Waals surface area contributed by atoms with Gasteiger partial charge in [0.05, 0.1) is 45.3 Å². The summed E-state index contributed by atoms with van der Waals surface area (Å²) in [4.78, 5) is 1.54. The van der Waals surface area contributed by atoms with Gasteiger partial charge in [0, 0.05) is 16.7 Å². The summed E-state index contributed by atoms with van der Waals surface area (Å²) in [6.07, 6.45) is 0. The Kier molecular flexibility index (Phi) is 6.26. The SMILES string of the molecule is COc1ccc(S(=O)(=O)N2CC[NH+](Cc3ccccc3Cl)CC2)cc1OC. The van der Waals surface area contributed by atoms with E-state index >= 15 is 0 Å². The summed E-state index contributed by atoms with van der Waals surface area (Å²) in [5.41, 5.74) is 1.09. The fourth-order valence-electron chi connectivity index (χ4n) is 3.26. The second-order valence-electron chi connectivity index (χ2n) is 6.44. The number of benzene rings is 2. The van der Waals surface area contributed by atoms with Crippen LogP contribution in [0.2, 0.25) is 5.02 Å². The summed E-state index contributed by atoms with van der Waals surface area (Å²) in [5.74, 6) is 0.909. The average molecular weight is 412 g/mol. The number of hydrogen-bond donors (Lipinski definition) is 1. The third-order valence-corrected chi connectivity index (χ3v) is 7.08. The molecule has 1 aliphatic heterocycles. The van der Waals surface area contributed by atoms with Crippen molar-refractivity contribution in [1.29, 1.82) is 0 Å². The van der Waals surface area contributed by atoms with Gasteiger partial charge in [-0.2, -0.15) is 4.31 Å². The highest BCUT2D eigenvalue weighted by Gasteiger charge is 2.31. The van der Waals surface area contributed by atoms with Crippen molar-refractivity contribution in [2.75, 3.05) is 40.4 Å². The Morgan fingerprint density at radius 3 is 2.33 bits per heavy atom. The molecule has 0 spiro atoms. The molecule has 27 heavy (non-hydrogen) atoms. The van der Waals surface area contributed by atoms with Gasteiger partial charge >= 0.3 is 0 Å². The second-order valence-corrected chi connectivity index (χ2v) is 8.78. The van der Waals surface area contributed by atoms with E-state index in [-0.39, 0.29) is 4.90 Å². The van der Waals surface area contributed by atoms with E-state index in [9.17, 15) is 8.42 Å². The van der Waals surface area contributed by atoms with Crippen LogP contribution >= 0.6 is 11.6 Å². The third kappa shape index (κ3) is 4.38. The Bertz CT molecular complexity index is 896. The largest absolute Gasteiger partial charge is 0.493 e. The maximum absolute atomic E-state index is 13.0. The number of quaternary nitrogens is 1. The van der Waals surface area contributed by atoms with Crippen LogP contribution in [-0.2, 0) is 16.6 Å². The molecule has 8 heteroatoms. The fraction of sp³-hybridized carbons (Fsp3) is 0.368. The van der Waals surface area contributed by atoms with Crippen molar-refractivity contribution in [2.45, 2.75) is 11.4 Å². The Balaban J connectivity index is 1.69. The van der Waals surface area contributed by atoms with Crippen molar-refractivity contribution in [3.8, 4) is 11.5 Å². The number of halogens is 1. The number of hydrogen-bond acceptors (Lipinski definition) is 4. The zero-order chi connectivity index (χ0) is 19.4. The molecular formula is C19H24ClN2O4S+. The second kappa shape index (κ2) is 8.48. The van der Waals surface area contributed by atoms with Gasteiger partial charge in [-0.05, 0) is 18.2 Å². The Morgan fingerprint density at radius 2 is 1.70 bits per heavy atom. The van der Waals surface area contributed by atoms with Crippen LogP contribution in [0.5, 0.6) is 11.5 Å². The first-order valence-electron chi connectivity index (χ1n) is 8.75. The van der Waals surface area contributed by atoms with Gasteiger partial charge in [0.15, 0.2) is 11.5 Å². The number of piperazine rings is 1. The number of nitrogens with one attached hydrogen (secondary N) is 1. The number of methoxy groups -OCH3 is 2. The van der Waals surface area contributed by atoms with Crippen molar-refractivity contribution >= 4 is 21.6 Å². The van der Waals surface area contributed by atoms with Crippen LogP contribution in [0.25, 0.3) is 0 Å². The summed E-state index contributed by atoms with van der Waals surface area (Å²) in [5, 5.41) is 0.755. The van der Waals surface area contributed by atoms with E-state index in [0.29, 0.717) is 24.6 Å². The van der Waals surface area contributed by atoms with Gasteiger partial charge in [0.1, 0.15) is 6.54 Å². The Labute approximate surface area is 165 Å². The van der Waals surface area contributed by atoms with E-state index < -0.39 is 10.0 Å². The van der Waals surface area contributed by atoms with Crippen molar-refractivity contribution in [2.24, 2.45) is 0 Å². The number of rotatable bonds is 6. The van der Waals surface area contributed by atoms with E-state index in [1.165, 1.54) is 29.5 Å². The minimum atomic E-state index is -3.57. The minimum Gasteiger partial charge on any atom is -0.493 e. The molecule has 6 nitrogen and oxygen atoms in total. The molecule has 0 saturated carbocycles. The van der Waals surface area contributed by atoms with Crippen LogP contribution < -0.4 is 14.4 Å². The number of ether oxygens (including phenoxy) is 2. The molecule has 1 N–H and O–H groups in total. The predicted molar refractivity (Wildman–Crippen MR) is 104 cm³/mol. The van der Waals surface area contributed by atoms with Crippen molar-refractivity contribution < 1.29 is 22.8 Å². The van der Waals surface area contributed by atoms with Gasteiger partial charge in [0.2, 0.25) is 10.0 Å². The molecule has 0 unspecified atom stereocenters. The van der Waals surface area contributed by atoms with Gasteiger partial charge in [0.25, 0.3) is 0 Å². The van der Waals surface area contributed by atoms with Crippen molar-refractivity contribution in [3.63, 3.8) is 0 Å². The maximum atomic E-state index is 13.0. The summed E-state index contributed by atoms with van der Waals surface area (Å²) < 4.78 is 37.9.